The Morgan fingerprint density at radius 2 is 2.11 bits per heavy atom. The van der Waals surface area contributed by atoms with E-state index in [1.807, 2.05) is 6.92 Å². The quantitative estimate of drug-likeness (QED) is 0.750. The van der Waals surface area contributed by atoms with Crippen LogP contribution in [0, 0.1) is 11.7 Å². The number of ether oxygens (including phenoxy) is 2. The molecule has 4 heteroatoms. The van der Waals surface area contributed by atoms with Gasteiger partial charge in [-0.05, 0) is 23.6 Å². The summed E-state index contributed by atoms with van der Waals surface area (Å²) in [6.07, 6.45) is 0.691. The van der Waals surface area contributed by atoms with Gasteiger partial charge in [0.15, 0.2) is 11.6 Å². The first-order valence-corrected chi connectivity index (χ1v) is 5.89. The topological polar surface area (TPSA) is 35.5 Å². The molecule has 1 aromatic carbocycles. The van der Waals surface area contributed by atoms with Crippen LogP contribution in [-0.4, -0.2) is 26.6 Å². The summed E-state index contributed by atoms with van der Waals surface area (Å²) in [5.41, 5.74) is 0.669. The van der Waals surface area contributed by atoms with Gasteiger partial charge in [0.1, 0.15) is 5.78 Å². The van der Waals surface area contributed by atoms with Crippen LogP contribution in [0.3, 0.4) is 0 Å². The highest BCUT2D eigenvalue weighted by molar-refractivity contribution is 5.81. The van der Waals surface area contributed by atoms with Crippen molar-refractivity contribution in [1.29, 1.82) is 0 Å². The van der Waals surface area contributed by atoms with Crippen molar-refractivity contribution in [1.82, 2.24) is 0 Å². The van der Waals surface area contributed by atoms with E-state index in [2.05, 4.69) is 0 Å². The van der Waals surface area contributed by atoms with Gasteiger partial charge in [0.25, 0.3) is 0 Å². The van der Waals surface area contributed by atoms with E-state index in [4.69, 9.17) is 9.47 Å². The molecule has 0 aromatic heterocycles. The largest absolute Gasteiger partial charge is 0.494 e. The molecule has 0 aliphatic rings. The molecule has 0 radical (unpaired) electrons. The van der Waals surface area contributed by atoms with E-state index in [-0.39, 0.29) is 23.9 Å². The molecular formula is C14H19FO3. The van der Waals surface area contributed by atoms with Crippen LogP contribution in [0.5, 0.6) is 5.75 Å². The number of hydrogen-bond acceptors (Lipinski definition) is 3. The van der Waals surface area contributed by atoms with Gasteiger partial charge in [0.05, 0.1) is 7.11 Å². The average Bonchev–Trinajstić information content (AvgIpc) is 2.29. The monoisotopic (exact) mass is 254 g/mol. The highest BCUT2D eigenvalue weighted by Crippen LogP contribution is 2.18. The van der Waals surface area contributed by atoms with Crippen molar-refractivity contribution in [3.05, 3.63) is 29.6 Å². The van der Waals surface area contributed by atoms with E-state index < -0.39 is 5.82 Å². The molecule has 0 bridgehead atoms. The zero-order valence-electron chi connectivity index (χ0n) is 11.0. The SMILES string of the molecule is COCC(C)CC(=O)Cc1ccc(OC)c(F)c1. The summed E-state index contributed by atoms with van der Waals surface area (Å²) < 4.78 is 23.2. The minimum Gasteiger partial charge on any atom is -0.494 e. The van der Waals surface area contributed by atoms with Crippen LogP contribution < -0.4 is 4.74 Å². The molecule has 1 unspecified atom stereocenters. The van der Waals surface area contributed by atoms with Gasteiger partial charge in [0.2, 0.25) is 0 Å². The summed E-state index contributed by atoms with van der Waals surface area (Å²) in [5.74, 6) is 0.0291. The van der Waals surface area contributed by atoms with E-state index in [0.29, 0.717) is 18.6 Å². The van der Waals surface area contributed by atoms with Gasteiger partial charge in [-0.2, -0.15) is 0 Å². The molecule has 0 aliphatic heterocycles. The Bertz CT molecular complexity index is 404. The fraction of sp³-hybridized carbons (Fsp3) is 0.500. The molecule has 1 aromatic rings. The minimum absolute atomic E-state index is 0.0871. The van der Waals surface area contributed by atoms with E-state index in [1.54, 1.807) is 13.2 Å². The Morgan fingerprint density at radius 3 is 2.67 bits per heavy atom. The van der Waals surface area contributed by atoms with E-state index in [9.17, 15) is 9.18 Å². The van der Waals surface area contributed by atoms with Crippen LogP contribution in [0.1, 0.15) is 18.9 Å². The maximum atomic E-state index is 13.4. The molecule has 0 aliphatic carbocycles. The number of ketones is 1. The Balaban J connectivity index is 2.57. The van der Waals surface area contributed by atoms with Gasteiger partial charge in [-0.1, -0.05) is 13.0 Å². The van der Waals surface area contributed by atoms with Crippen LogP contribution in [0.15, 0.2) is 18.2 Å². The number of rotatable bonds is 7. The van der Waals surface area contributed by atoms with Gasteiger partial charge < -0.3 is 9.47 Å². The van der Waals surface area contributed by atoms with Gasteiger partial charge >= 0.3 is 0 Å². The maximum Gasteiger partial charge on any atom is 0.165 e. The fourth-order valence-corrected chi connectivity index (χ4v) is 1.85. The Labute approximate surface area is 107 Å². The number of halogens is 1. The molecule has 0 N–H and O–H groups in total. The number of Topliss-reactive ketones (excluding diaryl/α,β-unsaturated/α-hetero) is 1. The van der Waals surface area contributed by atoms with E-state index >= 15 is 0 Å². The second-order valence-corrected chi connectivity index (χ2v) is 4.45. The third-order valence-electron chi connectivity index (χ3n) is 2.64. The van der Waals surface area contributed by atoms with Crippen molar-refractivity contribution in [2.24, 2.45) is 5.92 Å². The molecule has 0 saturated heterocycles. The Morgan fingerprint density at radius 1 is 1.39 bits per heavy atom. The zero-order chi connectivity index (χ0) is 13.5. The van der Waals surface area contributed by atoms with Crippen molar-refractivity contribution in [2.75, 3.05) is 20.8 Å². The normalized spacial score (nSPS) is 12.2. The zero-order valence-corrected chi connectivity index (χ0v) is 11.0. The van der Waals surface area contributed by atoms with Crippen LogP contribution in [0.25, 0.3) is 0 Å². The molecule has 0 spiro atoms. The van der Waals surface area contributed by atoms with E-state index in [0.717, 1.165) is 0 Å². The lowest BCUT2D eigenvalue weighted by Crippen LogP contribution is -2.12. The molecule has 1 rings (SSSR count). The number of carbonyl (C=O) groups is 1. The summed E-state index contributed by atoms with van der Waals surface area (Å²) in [6.45, 7) is 2.51. The van der Waals surface area contributed by atoms with Crippen LogP contribution >= 0.6 is 0 Å². The highest BCUT2D eigenvalue weighted by Gasteiger charge is 2.11. The fourth-order valence-electron chi connectivity index (χ4n) is 1.85. The van der Waals surface area contributed by atoms with Crippen molar-refractivity contribution < 1.29 is 18.7 Å². The third kappa shape index (κ3) is 4.45. The second-order valence-electron chi connectivity index (χ2n) is 4.45. The van der Waals surface area contributed by atoms with Gasteiger partial charge in [-0.15, -0.1) is 0 Å². The van der Waals surface area contributed by atoms with Gasteiger partial charge in [0, 0.05) is 26.6 Å². The summed E-state index contributed by atoms with van der Waals surface area (Å²) in [6, 6.07) is 4.59. The lowest BCUT2D eigenvalue weighted by Gasteiger charge is -2.09. The van der Waals surface area contributed by atoms with Crippen molar-refractivity contribution in [3.8, 4) is 5.75 Å². The number of hydrogen-bond donors (Lipinski definition) is 0. The third-order valence-corrected chi connectivity index (χ3v) is 2.64. The average molecular weight is 254 g/mol. The Hall–Kier alpha value is -1.42. The first kappa shape index (κ1) is 14.6. The van der Waals surface area contributed by atoms with Crippen LogP contribution in [0.2, 0.25) is 0 Å². The molecule has 3 nitrogen and oxygen atoms in total. The molecule has 0 amide bonds. The molecule has 18 heavy (non-hydrogen) atoms. The molecule has 100 valence electrons. The van der Waals surface area contributed by atoms with Gasteiger partial charge in [-0.25, -0.2) is 4.39 Å². The lowest BCUT2D eigenvalue weighted by molar-refractivity contribution is -0.119. The molecular weight excluding hydrogens is 235 g/mol. The summed E-state index contributed by atoms with van der Waals surface area (Å²) >= 11 is 0. The Kier molecular flexibility index (Phi) is 5.78. The second kappa shape index (κ2) is 7.11. The van der Waals surface area contributed by atoms with Crippen molar-refractivity contribution in [2.45, 2.75) is 19.8 Å². The standard InChI is InChI=1S/C14H19FO3/c1-10(9-17-2)6-12(16)7-11-4-5-14(18-3)13(15)8-11/h4-5,8,10H,6-7,9H2,1-3H3. The minimum atomic E-state index is -0.437. The first-order valence-electron chi connectivity index (χ1n) is 5.89. The van der Waals surface area contributed by atoms with Crippen LogP contribution in [0.4, 0.5) is 4.39 Å². The number of carbonyl (C=O) groups excluding carboxylic acids is 1. The van der Waals surface area contributed by atoms with Gasteiger partial charge in [-0.3, -0.25) is 4.79 Å². The molecule has 0 fully saturated rings. The summed E-state index contributed by atoms with van der Waals surface area (Å²) in [5, 5.41) is 0. The number of benzene rings is 1. The van der Waals surface area contributed by atoms with E-state index in [1.165, 1.54) is 19.2 Å². The molecule has 0 heterocycles. The predicted octanol–water partition coefficient (Wildman–Crippen LogP) is 2.62. The predicted molar refractivity (Wildman–Crippen MR) is 67.3 cm³/mol. The van der Waals surface area contributed by atoms with Crippen LogP contribution in [-0.2, 0) is 16.0 Å². The smallest absolute Gasteiger partial charge is 0.165 e. The first-order chi connectivity index (χ1) is 8.56. The lowest BCUT2D eigenvalue weighted by atomic mass is 10.0. The maximum absolute atomic E-state index is 13.4. The summed E-state index contributed by atoms with van der Waals surface area (Å²) in [4.78, 5) is 11.8. The summed E-state index contributed by atoms with van der Waals surface area (Å²) in [7, 11) is 3.02. The van der Waals surface area contributed by atoms with Crippen molar-refractivity contribution >= 4 is 5.78 Å². The molecule has 0 saturated carbocycles. The highest BCUT2D eigenvalue weighted by atomic mass is 19.1. The van der Waals surface area contributed by atoms with Crippen molar-refractivity contribution in [3.63, 3.8) is 0 Å². The number of methoxy groups -OCH3 is 2. The molecule has 1 atom stereocenters.